The number of hydrogen-bond acceptors (Lipinski definition) is 3. The van der Waals surface area contributed by atoms with Crippen LogP contribution in [0.4, 0.5) is 4.39 Å². The summed E-state index contributed by atoms with van der Waals surface area (Å²) < 4.78 is 15.5. The minimum absolute atomic E-state index is 0.00754. The van der Waals surface area contributed by atoms with Crippen molar-refractivity contribution in [2.75, 3.05) is 0 Å². The number of alkyl halides is 1. The molecule has 0 aliphatic heterocycles. The van der Waals surface area contributed by atoms with E-state index in [2.05, 4.69) is 4.98 Å². The number of thiazole rings is 1. The molecule has 3 nitrogen and oxygen atoms in total. The zero-order valence-electron chi connectivity index (χ0n) is 11.3. The van der Waals surface area contributed by atoms with Crippen LogP contribution in [0, 0.1) is 5.92 Å². The fraction of sp³-hybridized carbons (Fsp3) is 0.667. The summed E-state index contributed by atoms with van der Waals surface area (Å²) in [6, 6.07) is 0. The zero-order valence-corrected chi connectivity index (χ0v) is 12.2. The number of halogens is 1. The Morgan fingerprint density at radius 3 is 2.80 bits per heavy atom. The number of rotatable bonds is 3. The summed E-state index contributed by atoms with van der Waals surface area (Å²) in [5.41, 5.74) is 0.916. The summed E-state index contributed by atoms with van der Waals surface area (Å²) in [6.07, 6.45) is 8.81. The van der Waals surface area contributed by atoms with Gasteiger partial charge >= 0.3 is 0 Å². The van der Waals surface area contributed by atoms with E-state index in [9.17, 15) is 9.50 Å². The second kappa shape index (κ2) is 4.81. The van der Waals surface area contributed by atoms with Crippen LogP contribution in [-0.4, -0.2) is 20.7 Å². The van der Waals surface area contributed by atoms with Crippen molar-refractivity contribution in [2.45, 2.75) is 56.7 Å². The lowest BCUT2D eigenvalue weighted by Crippen LogP contribution is -2.18. The van der Waals surface area contributed by atoms with E-state index < -0.39 is 12.3 Å². The van der Waals surface area contributed by atoms with Crippen molar-refractivity contribution in [3.8, 4) is 0 Å². The molecule has 2 saturated carbocycles. The number of hydrogen-bond donors (Lipinski definition) is 1. The fourth-order valence-corrected chi connectivity index (χ4v) is 4.79. The molecule has 2 aromatic heterocycles. The van der Waals surface area contributed by atoms with E-state index in [1.165, 1.54) is 19.3 Å². The maximum absolute atomic E-state index is 13.5. The molecule has 20 heavy (non-hydrogen) atoms. The highest BCUT2D eigenvalue weighted by Crippen LogP contribution is 2.50. The lowest BCUT2D eigenvalue weighted by molar-refractivity contribution is 0.0798. The van der Waals surface area contributed by atoms with Crippen LogP contribution in [0.5, 0.6) is 0 Å². The molecule has 0 aromatic carbocycles. The highest BCUT2D eigenvalue weighted by Gasteiger charge is 2.43. The molecule has 0 bridgehead atoms. The maximum Gasteiger partial charge on any atom is 0.120 e. The number of aliphatic hydroxyl groups is 1. The van der Waals surface area contributed by atoms with Crippen LogP contribution in [0.25, 0.3) is 4.83 Å². The Hall–Kier alpha value is -0.940. The first-order valence-corrected chi connectivity index (χ1v) is 8.34. The third-order valence-corrected chi connectivity index (χ3v) is 6.00. The molecule has 0 spiro atoms. The molecule has 108 valence electrons. The van der Waals surface area contributed by atoms with Crippen molar-refractivity contribution in [1.82, 2.24) is 9.38 Å². The average Bonchev–Trinajstić information content (AvgIpc) is 2.88. The van der Waals surface area contributed by atoms with Gasteiger partial charge in [0.1, 0.15) is 17.3 Å². The number of aromatic nitrogens is 2. The Bertz CT molecular complexity index is 616. The number of nitrogens with zero attached hydrogens (tertiary/aromatic N) is 2. The lowest BCUT2D eigenvalue weighted by atomic mass is 9.83. The fourth-order valence-electron chi connectivity index (χ4n) is 3.49. The third-order valence-electron chi connectivity index (χ3n) is 4.76. The van der Waals surface area contributed by atoms with Gasteiger partial charge in [-0.15, -0.1) is 11.3 Å². The van der Waals surface area contributed by atoms with Gasteiger partial charge in [0, 0.05) is 10.8 Å². The Morgan fingerprint density at radius 1 is 1.35 bits per heavy atom. The Balaban J connectivity index is 1.74. The highest BCUT2D eigenvalue weighted by molar-refractivity contribution is 7.17. The third kappa shape index (κ3) is 1.99. The lowest BCUT2D eigenvalue weighted by Gasteiger charge is -2.27. The minimum Gasteiger partial charge on any atom is -0.387 e. The van der Waals surface area contributed by atoms with Crippen LogP contribution in [0.15, 0.2) is 12.5 Å². The summed E-state index contributed by atoms with van der Waals surface area (Å²) in [6.45, 7) is 0. The molecular weight excluding hydrogens is 275 g/mol. The van der Waals surface area contributed by atoms with Crippen molar-refractivity contribution in [2.24, 2.45) is 5.92 Å². The van der Waals surface area contributed by atoms with Gasteiger partial charge in [-0.3, -0.25) is 4.40 Å². The molecular formula is C15H19FN2OS. The molecule has 0 saturated heterocycles. The van der Waals surface area contributed by atoms with Gasteiger partial charge in [0.05, 0.1) is 18.0 Å². The SMILES string of the molecule is OC(c1c([C@@H]2C[C@H]2F)sc2cncn12)C1CCCCC1. The summed E-state index contributed by atoms with van der Waals surface area (Å²) in [7, 11) is 0. The minimum atomic E-state index is -0.719. The predicted molar refractivity (Wildman–Crippen MR) is 76.9 cm³/mol. The molecule has 0 amide bonds. The van der Waals surface area contributed by atoms with Gasteiger partial charge in [-0.2, -0.15) is 0 Å². The van der Waals surface area contributed by atoms with Crippen LogP contribution < -0.4 is 0 Å². The Labute approximate surface area is 121 Å². The van der Waals surface area contributed by atoms with Gasteiger partial charge in [0.25, 0.3) is 0 Å². The second-order valence-electron chi connectivity index (χ2n) is 6.15. The average molecular weight is 294 g/mol. The Morgan fingerprint density at radius 2 is 2.10 bits per heavy atom. The first-order chi connectivity index (χ1) is 9.75. The molecule has 0 radical (unpaired) electrons. The van der Waals surface area contributed by atoms with Crippen LogP contribution in [0.3, 0.4) is 0 Å². The maximum atomic E-state index is 13.5. The summed E-state index contributed by atoms with van der Waals surface area (Å²) in [5.74, 6) is 0.327. The van der Waals surface area contributed by atoms with Gasteiger partial charge in [0.15, 0.2) is 0 Å². The van der Waals surface area contributed by atoms with Gasteiger partial charge in [0.2, 0.25) is 0 Å². The van der Waals surface area contributed by atoms with Gasteiger partial charge in [-0.05, 0) is 25.2 Å². The van der Waals surface area contributed by atoms with Crippen molar-refractivity contribution < 1.29 is 9.50 Å². The summed E-state index contributed by atoms with van der Waals surface area (Å²) in [4.78, 5) is 6.22. The molecule has 1 N–H and O–H groups in total. The van der Waals surface area contributed by atoms with Crippen molar-refractivity contribution in [3.63, 3.8) is 0 Å². The van der Waals surface area contributed by atoms with Crippen LogP contribution >= 0.6 is 11.3 Å². The largest absolute Gasteiger partial charge is 0.387 e. The van der Waals surface area contributed by atoms with E-state index >= 15 is 0 Å². The standard InChI is InChI=1S/C15H19FN2OS/c16-11-6-10(11)15-13(18-8-17-7-12(18)20-15)14(19)9-4-2-1-3-5-9/h7-11,14,19H,1-6H2/t10-,11-,14?/m1/s1. The first-order valence-electron chi connectivity index (χ1n) is 7.52. The van der Waals surface area contributed by atoms with E-state index in [0.717, 1.165) is 28.2 Å². The molecule has 2 aliphatic rings. The van der Waals surface area contributed by atoms with E-state index in [1.807, 2.05) is 4.40 Å². The topological polar surface area (TPSA) is 37.5 Å². The molecule has 5 heteroatoms. The zero-order chi connectivity index (χ0) is 13.7. The monoisotopic (exact) mass is 294 g/mol. The van der Waals surface area contributed by atoms with Crippen LogP contribution in [0.2, 0.25) is 0 Å². The normalized spacial score (nSPS) is 28.9. The predicted octanol–water partition coefficient (Wildman–Crippen LogP) is 3.83. The molecule has 1 unspecified atom stereocenters. The second-order valence-corrected chi connectivity index (χ2v) is 7.22. The van der Waals surface area contributed by atoms with Gasteiger partial charge < -0.3 is 5.11 Å². The van der Waals surface area contributed by atoms with E-state index in [1.54, 1.807) is 23.9 Å². The summed E-state index contributed by atoms with van der Waals surface area (Å²) in [5, 5.41) is 10.8. The highest BCUT2D eigenvalue weighted by atomic mass is 32.1. The van der Waals surface area contributed by atoms with Crippen LogP contribution in [-0.2, 0) is 0 Å². The van der Waals surface area contributed by atoms with Crippen molar-refractivity contribution >= 4 is 16.2 Å². The van der Waals surface area contributed by atoms with Crippen molar-refractivity contribution in [1.29, 1.82) is 0 Å². The molecule has 2 aromatic rings. The van der Waals surface area contributed by atoms with E-state index in [4.69, 9.17) is 0 Å². The van der Waals surface area contributed by atoms with Crippen molar-refractivity contribution in [3.05, 3.63) is 23.1 Å². The number of fused-ring (bicyclic) bond motifs is 1. The molecule has 2 heterocycles. The summed E-state index contributed by atoms with van der Waals surface area (Å²) >= 11 is 1.60. The molecule has 3 atom stereocenters. The van der Waals surface area contributed by atoms with Gasteiger partial charge in [-0.1, -0.05) is 19.3 Å². The van der Waals surface area contributed by atoms with Crippen LogP contribution in [0.1, 0.15) is 61.1 Å². The first kappa shape index (κ1) is 12.8. The number of imidazole rings is 1. The quantitative estimate of drug-likeness (QED) is 0.934. The number of aliphatic hydroxyl groups excluding tert-OH is 1. The van der Waals surface area contributed by atoms with Gasteiger partial charge in [-0.25, -0.2) is 9.37 Å². The molecule has 2 fully saturated rings. The Kier molecular flexibility index (Phi) is 3.07. The smallest absolute Gasteiger partial charge is 0.120 e. The molecule has 2 aliphatic carbocycles. The molecule has 4 rings (SSSR count). The van der Waals surface area contributed by atoms with E-state index in [-0.39, 0.29) is 5.92 Å². The van der Waals surface area contributed by atoms with E-state index in [0.29, 0.717) is 12.3 Å².